The van der Waals surface area contributed by atoms with Gasteiger partial charge in [0.05, 0.1) is 0 Å². The van der Waals surface area contributed by atoms with E-state index in [0.717, 1.165) is 17.7 Å². The molecule has 0 aliphatic carbocycles. The quantitative estimate of drug-likeness (QED) is 0.713. The van der Waals surface area contributed by atoms with Gasteiger partial charge in [0.1, 0.15) is 0 Å². The molecule has 0 unspecified atom stereocenters. The Labute approximate surface area is 138 Å². The second-order valence-corrected chi connectivity index (χ2v) is 6.89. The highest BCUT2D eigenvalue weighted by Gasteiger charge is 2.38. The minimum absolute atomic E-state index is 0.0400. The van der Waals surface area contributed by atoms with Crippen LogP contribution in [0.5, 0.6) is 0 Å². The van der Waals surface area contributed by atoms with Gasteiger partial charge < -0.3 is 4.90 Å². The van der Waals surface area contributed by atoms with E-state index in [2.05, 4.69) is 39.0 Å². The molecule has 0 radical (unpaired) electrons. The minimum atomic E-state index is -0.189. The maximum Gasteiger partial charge on any atom is 0.251 e. The van der Waals surface area contributed by atoms with Crippen LogP contribution in [-0.4, -0.2) is 11.4 Å². The van der Waals surface area contributed by atoms with Crippen LogP contribution in [-0.2, 0) is 4.79 Å². The predicted octanol–water partition coefficient (Wildman–Crippen LogP) is 5.02. The molecule has 0 aromatic heterocycles. The van der Waals surface area contributed by atoms with Crippen LogP contribution >= 0.6 is 0 Å². The second kappa shape index (κ2) is 6.04. The Balaban J connectivity index is 1.95. The zero-order valence-corrected chi connectivity index (χ0v) is 14.0. The van der Waals surface area contributed by atoms with E-state index >= 15 is 0 Å². The molecule has 0 bridgehead atoms. The molecular weight excluding hydrogens is 282 g/mol. The van der Waals surface area contributed by atoms with Crippen LogP contribution in [0, 0.1) is 0 Å². The summed E-state index contributed by atoms with van der Waals surface area (Å²) in [6.45, 7) is 6.53. The highest BCUT2D eigenvalue weighted by atomic mass is 16.2. The van der Waals surface area contributed by atoms with Crippen LogP contribution in [0.2, 0.25) is 0 Å². The molecular formula is C21H23NO. The predicted molar refractivity (Wildman–Crippen MR) is 96.5 cm³/mol. The van der Waals surface area contributed by atoms with Gasteiger partial charge in [0.15, 0.2) is 0 Å². The summed E-state index contributed by atoms with van der Waals surface area (Å²) in [6, 6.07) is 18.2. The third-order valence-electron chi connectivity index (χ3n) is 4.56. The summed E-state index contributed by atoms with van der Waals surface area (Å²) < 4.78 is 0. The summed E-state index contributed by atoms with van der Waals surface area (Å²) in [5.41, 5.74) is 3.15. The van der Waals surface area contributed by atoms with Crippen LogP contribution in [0.25, 0.3) is 6.08 Å². The Morgan fingerprint density at radius 1 is 1.09 bits per heavy atom. The van der Waals surface area contributed by atoms with Gasteiger partial charge in [-0.05, 0) is 49.5 Å². The standard InChI is InChI=1S/C21H23NO/c1-16-15-21(2,3)22(19-12-8-7-11-18(16)19)20(23)14-13-17-9-5-4-6-10-17/h4-14,16H,15H2,1-3H3/b14-13+/t16-/m0/s1. The van der Waals surface area contributed by atoms with Crippen molar-refractivity contribution in [2.24, 2.45) is 0 Å². The molecule has 1 heterocycles. The van der Waals surface area contributed by atoms with Crippen molar-refractivity contribution in [1.29, 1.82) is 0 Å². The van der Waals surface area contributed by atoms with Crippen molar-refractivity contribution in [3.8, 4) is 0 Å². The summed E-state index contributed by atoms with van der Waals surface area (Å²) >= 11 is 0. The first-order valence-electron chi connectivity index (χ1n) is 8.15. The largest absolute Gasteiger partial charge is 0.303 e. The SMILES string of the molecule is C[C@H]1CC(C)(C)N(C(=O)/C=C/c2ccccc2)c2ccccc21. The van der Waals surface area contributed by atoms with Crippen molar-refractivity contribution in [3.05, 3.63) is 71.8 Å². The van der Waals surface area contributed by atoms with Gasteiger partial charge in [0.2, 0.25) is 0 Å². The Morgan fingerprint density at radius 2 is 1.74 bits per heavy atom. The fourth-order valence-corrected chi connectivity index (χ4v) is 3.61. The van der Waals surface area contributed by atoms with Gasteiger partial charge in [0, 0.05) is 17.3 Å². The maximum absolute atomic E-state index is 12.9. The van der Waals surface area contributed by atoms with Crippen molar-refractivity contribution in [1.82, 2.24) is 0 Å². The van der Waals surface area contributed by atoms with Crippen molar-refractivity contribution in [2.75, 3.05) is 4.90 Å². The number of benzene rings is 2. The summed E-state index contributed by atoms with van der Waals surface area (Å²) in [4.78, 5) is 14.8. The van der Waals surface area contributed by atoms with Gasteiger partial charge in [-0.3, -0.25) is 4.79 Å². The lowest BCUT2D eigenvalue weighted by atomic mass is 9.80. The molecule has 2 heteroatoms. The van der Waals surface area contributed by atoms with E-state index in [0.29, 0.717) is 5.92 Å². The first kappa shape index (κ1) is 15.5. The van der Waals surface area contributed by atoms with Crippen LogP contribution < -0.4 is 4.90 Å². The molecule has 2 aromatic rings. The van der Waals surface area contributed by atoms with Crippen molar-refractivity contribution in [3.63, 3.8) is 0 Å². The van der Waals surface area contributed by atoms with E-state index in [1.807, 2.05) is 47.4 Å². The van der Waals surface area contributed by atoms with Gasteiger partial charge in [-0.25, -0.2) is 0 Å². The number of hydrogen-bond donors (Lipinski definition) is 0. The number of anilines is 1. The molecule has 0 spiro atoms. The molecule has 0 fully saturated rings. The average Bonchev–Trinajstić information content (AvgIpc) is 2.53. The van der Waals surface area contributed by atoms with E-state index < -0.39 is 0 Å². The molecule has 0 saturated carbocycles. The number of hydrogen-bond acceptors (Lipinski definition) is 1. The first-order chi connectivity index (χ1) is 11.0. The molecule has 0 saturated heterocycles. The summed E-state index contributed by atoms with van der Waals surface area (Å²) in [5.74, 6) is 0.501. The van der Waals surface area contributed by atoms with E-state index in [1.165, 1.54) is 5.56 Å². The second-order valence-electron chi connectivity index (χ2n) is 6.89. The first-order valence-corrected chi connectivity index (χ1v) is 8.15. The zero-order valence-electron chi connectivity index (χ0n) is 14.0. The number of fused-ring (bicyclic) bond motifs is 1. The van der Waals surface area contributed by atoms with Gasteiger partial charge >= 0.3 is 0 Å². The molecule has 23 heavy (non-hydrogen) atoms. The van der Waals surface area contributed by atoms with E-state index in [-0.39, 0.29) is 11.4 Å². The number of rotatable bonds is 2. The molecule has 118 valence electrons. The molecule has 1 amide bonds. The Hall–Kier alpha value is -2.35. The fourth-order valence-electron chi connectivity index (χ4n) is 3.61. The summed E-state index contributed by atoms with van der Waals surface area (Å²) in [7, 11) is 0. The molecule has 3 rings (SSSR count). The van der Waals surface area contributed by atoms with Crippen LogP contribution in [0.1, 0.15) is 44.2 Å². The monoisotopic (exact) mass is 305 g/mol. The molecule has 2 nitrogen and oxygen atoms in total. The van der Waals surface area contributed by atoms with Gasteiger partial charge in [0.25, 0.3) is 5.91 Å². The zero-order chi connectivity index (χ0) is 16.4. The lowest BCUT2D eigenvalue weighted by Gasteiger charge is -2.45. The number of amides is 1. The highest BCUT2D eigenvalue weighted by molar-refractivity contribution is 6.05. The average molecular weight is 305 g/mol. The Kier molecular flexibility index (Phi) is 4.08. The highest BCUT2D eigenvalue weighted by Crippen LogP contribution is 2.43. The van der Waals surface area contributed by atoms with Crippen molar-refractivity contribution < 1.29 is 4.79 Å². The minimum Gasteiger partial charge on any atom is -0.303 e. The summed E-state index contributed by atoms with van der Waals surface area (Å²) in [5, 5.41) is 0. The molecule has 1 aliphatic heterocycles. The van der Waals surface area contributed by atoms with Gasteiger partial charge in [-0.1, -0.05) is 55.5 Å². The van der Waals surface area contributed by atoms with Crippen LogP contribution in [0.15, 0.2) is 60.7 Å². The third kappa shape index (κ3) is 3.07. The lowest BCUT2D eigenvalue weighted by molar-refractivity contribution is -0.115. The maximum atomic E-state index is 12.9. The number of carbonyl (C=O) groups is 1. The molecule has 0 N–H and O–H groups in total. The number of nitrogens with zero attached hydrogens (tertiary/aromatic N) is 1. The molecule has 1 aliphatic rings. The van der Waals surface area contributed by atoms with E-state index in [4.69, 9.17) is 0 Å². The third-order valence-corrected chi connectivity index (χ3v) is 4.56. The fraction of sp³-hybridized carbons (Fsp3) is 0.286. The van der Waals surface area contributed by atoms with E-state index in [1.54, 1.807) is 6.08 Å². The Bertz CT molecular complexity index is 731. The molecule has 1 atom stereocenters. The van der Waals surface area contributed by atoms with Crippen LogP contribution in [0.3, 0.4) is 0 Å². The topological polar surface area (TPSA) is 20.3 Å². The van der Waals surface area contributed by atoms with Gasteiger partial charge in [-0.2, -0.15) is 0 Å². The van der Waals surface area contributed by atoms with Gasteiger partial charge in [-0.15, -0.1) is 0 Å². The van der Waals surface area contributed by atoms with E-state index in [9.17, 15) is 4.79 Å². The van der Waals surface area contributed by atoms with Crippen LogP contribution in [0.4, 0.5) is 5.69 Å². The molecule has 2 aromatic carbocycles. The number of para-hydroxylation sites is 1. The summed E-state index contributed by atoms with van der Waals surface area (Å²) in [6.07, 6.45) is 4.54. The Morgan fingerprint density at radius 3 is 2.48 bits per heavy atom. The smallest absolute Gasteiger partial charge is 0.251 e. The number of carbonyl (C=O) groups excluding carboxylic acids is 1. The van der Waals surface area contributed by atoms with Crippen molar-refractivity contribution in [2.45, 2.75) is 38.6 Å². The van der Waals surface area contributed by atoms with Crippen molar-refractivity contribution >= 4 is 17.7 Å². The lowest BCUT2D eigenvalue weighted by Crippen LogP contribution is -2.51. The normalized spacial score (nSPS) is 19.6.